The van der Waals surface area contributed by atoms with Gasteiger partial charge in [-0.2, -0.15) is 13.5 Å². The molecule has 3 aromatic carbocycles. The number of hydrazone groups is 1. The van der Waals surface area contributed by atoms with Gasteiger partial charge >= 0.3 is 5.97 Å². The van der Waals surface area contributed by atoms with E-state index in [1.165, 1.54) is 31.5 Å². The number of hydrogen-bond donors (Lipinski definition) is 1. The quantitative estimate of drug-likeness (QED) is 0.279. The van der Waals surface area contributed by atoms with Crippen LogP contribution in [0.25, 0.3) is 0 Å². The van der Waals surface area contributed by atoms with Crippen molar-refractivity contribution < 1.29 is 22.7 Å². The lowest BCUT2D eigenvalue weighted by Crippen LogP contribution is -2.18. The van der Waals surface area contributed by atoms with Gasteiger partial charge in [0.15, 0.2) is 11.5 Å². The van der Waals surface area contributed by atoms with Crippen LogP contribution in [0.5, 0.6) is 11.5 Å². The molecule has 0 spiro atoms. The van der Waals surface area contributed by atoms with Crippen LogP contribution >= 0.6 is 0 Å². The van der Waals surface area contributed by atoms with Crippen molar-refractivity contribution in [2.75, 3.05) is 7.11 Å². The van der Waals surface area contributed by atoms with Crippen LogP contribution in [-0.2, 0) is 10.0 Å². The number of carbonyl (C=O) groups excluding carboxylic acids is 1. The van der Waals surface area contributed by atoms with Gasteiger partial charge in [-0.05, 0) is 48.0 Å². The van der Waals surface area contributed by atoms with Crippen molar-refractivity contribution in [2.45, 2.75) is 4.90 Å². The molecule has 1 N–H and O–H groups in total. The standard InChI is InChI=1S/C21H18N2O5S/c1-27-19-13-12-16(14-20(19)28-21(24)17-8-4-2-5-9-17)15-22-23-29(25,26)18-10-6-3-7-11-18/h2-15,23H,1H3/b22-15+. The van der Waals surface area contributed by atoms with Gasteiger partial charge in [0.1, 0.15) is 0 Å². The summed E-state index contributed by atoms with van der Waals surface area (Å²) in [6.45, 7) is 0. The number of sulfonamides is 1. The molecular weight excluding hydrogens is 392 g/mol. The summed E-state index contributed by atoms with van der Waals surface area (Å²) in [5, 5.41) is 3.78. The maximum absolute atomic E-state index is 12.3. The zero-order chi connectivity index (χ0) is 20.7. The van der Waals surface area contributed by atoms with Gasteiger partial charge in [0.2, 0.25) is 0 Å². The molecule has 3 aromatic rings. The summed E-state index contributed by atoms with van der Waals surface area (Å²) in [6, 6.07) is 21.2. The highest BCUT2D eigenvalue weighted by Gasteiger charge is 2.13. The number of nitrogens with one attached hydrogen (secondary N) is 1. The van der Waals surface area contributed by atoms with E-state index in [2.05, 4.69) is 9.93 Å². The van der Waals surface area contributed by atoms with Crippen LogP contribution in [0, 0.1) is 0 Å². The van der Waals surface area contributed by atoms with E-state index in [0.29, 0.717) is 16.9 Å². The lowest BCUT2D eigenvalue weighted by molar-refractivity contribution is 0.0729. The molecule has 0 radical (unpaired) electrons. The van der Waals surface area contributed by atoms with Gasteiger partial charge < -0.3 is 9.47 Å². The zero-order valence-corrected chi connectivity index (χ0v) is 16.3. The third kappa shape index (κ3) is 5.20. The summed E-state index contributed by atoms with van der Waals surface area (Å²) in [6.07, 6.45) is 1.31. The second-order valence-corrected chi connectivity index (χ2v) is 7.49. The number of ether oxygens (including phenoxy) is 2. The van der Waals surface area contributed by atoms with Gasteiger partial charge in [-0.15, -0.1) is 0 Å². The van der Waals surface area contributed by atoms with Crippen molar-refractivity contribution in [2.24, 2.45) is 5.10 Å². The first-order valence-corrected chi connectivity index (χ1v) is 10.0. The minimum Gasteiger partial charge on any atom is -0.493 e. The average Bonchev–Trinajstić information content (AvgIpc) is 2.75. The topological polar surface area (TPSA) is 94.1 Å². The molecule has 0 unspecified atom stereocenters. The predicted octanol–water partition coefficient (Wildman–Crippen LogP) is 3.23. The Morgan fingerprint density at radius 2 is 1.59 bits per heavy atom. The molecule has 3 rings (SSSR count). The molecule has 0 amide bonds. The number of carbonyl (C=O) groups is 1. The van der Waals surface area contributed by atoms with Gasteiger partial charge in [-0.25, -0.2) is 9.63 Å². The van der Waals surface area contributed by atoms with Crippen molar-refractivity contribution in [3.05, 3.63) is 90.0 Å². The fraction of sp³-hybridized carbons (Fsp3) is 0.0476. The summed E-state index contributed by atoms with van der Waals surface area (Å²) >= 11 is 0. The minimum absolute atomic E-state index is 0.101. The smallest absolute Gasteiger partial charge is 0.343 e. The van der Waals surface area contributed by atoms with E-state index in [9.17, 15) is 13.2 Å². The first-order chi connectivity index (χ1) is 14.0. The third-order valence-electron chi connectivity index (χ3n) is 3.84. The van der Waals surface area contributed by atoms with Crippen molar-refractivity contribution in [1.29, 1.82) is 0 Å². The predicted molar refractivity (Wildman–Crippen MR) is 109 cm³/mol. The van der Waals surface area contributed by atoms with Gasteiger partial charge in [-0.3, -0.25) is 0 Å². The van der Waals surface area contributed by atoms with Crippen LogP contribution < -0.4 is 14.3 Å². The molecule has 0 bridgehead atoms. The Bertz CT molecular complexity index is 1110. The molecule has 0 aliphatic heterocycles. The maximum atomic E-state index is 12.3. The Morgan fingerprint density at radius 3 is 2.24 bits per heavy atom. The van der Waals surface area contributed by atoms with E-state index in [1.807, 2.05) is 0 Å². The van der Waals surface area contributed by atoms with E-state index >= 15 is 0 Å². The Kier molecular flexibility index (Phi) is 6.25. The molecule has 8 heteroatoms. The molecule has 0 aliphatic carbocycles. The molecule has 7 nitrogen and oxygen atoms in total. The number of nitrogens with zero attached hydrogens (tertiary/aromatic N) is 1. The number of rotatable bonds is 7. The summed E-state index contributed by atoms with van der Waals surface area (Å²) in [4.78, 5) is 14.5. The fourth-order valence-electron chi connectivity index (χ4n) is 2.41. The van der Waals surface area contributed by atoms with Crippen LogP contribution in [0.1, 0.15) is 15.9 Å². The summed E-state index contributed by atoms with van der Waals surface area (Å²) in [5.41, 5.74) is 0.904. The Labute approximate surface area is 168 Å². The highest BCUT2D eigenvalue weighted by atomic mass is 32.2. The van der Waals surface area contributed by atoms with E-state index in [-0.39, 0.29) is 10.6 Å². The van der Waals surface area contributed by atoms with Crippen LogP contribution in [0.3, 0.4) is 0 Å². The summed E-state index contributed by atoms with van der Waals surface area (Å²) in [5.74, 6) is 0.00952. The Hall–Kier alpha value is -3.65. The number of benzene rings is 3. The molecule has 0 saturated heterocycles. The average molecular weight is 410 g/mol. The third-order valence-corrected chi connectivity index (χ3v) is 5.08. The highest BCUT2D eigenvalue weighted by molar-refractivity contribution is 7.89. The zero-order valence-electron chi connectivity index (χ0n) is 15.5. The molecular formula is C21H18N2O5S. The van der Waals surface area contributed by atoms with E-state index in [0.717, 1.165) is 0 Å². The molecule has 0 heterocycles. The van der Waals surface area contributed by atoms with Gasteiger partial charge in [-0.1, -0.05) is 36.4 Å². The van der Waals surface area contributed by atoms with Crippen LogP contribution in [0.2, 0.25) is 0 Å². The summed E-state index contributed by atoms with van der Waals surface area (Å²) < 4.78 is 35.0. The lowest BCUT2D eigenvalue weighted by Gasteiger charge is -2.10. The monoisotopic (exact) mass is 410 g/mol. The van der Waals surface area contributed by atoms with E-state index in [1.54, 1.807) is 60.7 Å². The molecule has 148 valence electrons. The second-order valence-electron chi connectivity index (χ2n) is 5.83. The largest absolute Gasteiger partial charge is 0.493 e. The van der Waals surface area contributed by atoms with E-state index < -0.39 is 16.0 Å². The number of methoxy groups -OCH3 is 1. The van der Waals surface area contributed by atoms with Crippen LogP contribution in [0.15, 0.2) is 88.9 Å². The maximum Gasteiger partial charge on any atom is 0.343 e. The van der Waals surface area contributed by atoms with Gasteiger partial charge in [0.05, 0.1) is 23.8 Å². The molecule has 29 heavy (non-hydrogen) atoms. The SMILES string of the molecule is COc1ccc(/C=N/NS(=O)(=O)c2ccccc2)cc1OC(=O)c1ccccc1. The summed E-state index contributed by atoms with van der Waals surface area (Å²) in [7, 11) is -2.31. The van der Waals surface area contributed by atoms with Crippen LogP contribution in [0.4, 0.5) is 0 Å². The molecule has 0 fully saturated rings. The van der Waals surface area contributed by atoms with E-state index in [4.69, 9.17) is 9.47 Å². The molecule has 0 aliphatic rings. The Morgan fingerprint density at radius 1 is 0.931 bits per heavy atom. The first kappa shape index (κ1) is 20.1. The molecule has 0 aromatic heterocycles. The van der Waals surface area contributed by atoms with Crippen molar-refractivity contribution in [3.63, 3.8) is 0 Å². The normalized spacial score (nSPS) is 11.2. The molecule has 0 saturated carbocycles. The van der Waals surface area contributed by atoms with Crippen molar-refractivity contribution in [3.8, 4) is 11.5 Å². The number of hydrogen-bond acceptors (Lipinski definition) is 6. The second kappa shape index (κ2) is 9.03. The lowest BCUT2D eigenvalue weighted by atomic mass is 10.2. The highest BCUT2D eigenvalue weighted by Crippen LogP contribution is 2.28. The molecule has 0 atom stereocenters. The van der Waals surface area contributed by atoms with Crippen molar-refractivity contribution in [1.82, 2.24) is 4.83 Å². The van der Waals surface area contributed by atoms with Crippen LogP contribution in [-0.4, -0.2) is 27.7 Å². The first-order valence-electron chi connectivity index (χ1n) is 8.55. The van der Waals surface area contributed by atoms with Gasteiger partial charge in [0.25, 0.3) is 10.0 Å². The van der Waals surface area contributed by atoms with Crippen molar-refractivity contribution >= 4 is 22.2 Å². The Balaban J connectivity index is 1.76. The fourth-order valence-corrected chi connectivity index (χ4v) is 3.22. The van der Waals surface area contributed by atoms with Gasteiger partial charge in [0, 0.05) is 0 Å². The number of esters is 1. The minimum atomic E-state index is -3.77.